The molecule has 6 nitrogen and oxygen atoms in total. The van der Waals surface area contributed by atoms with Gasteiger partial charge in [0.1, 0.15) is 0 Å². The van der Waals surface area contributed by atoms with Gasteiger partial charge in [-0.05, 0) is 17.9 Å². The second kappa shape index (κ2) is 8.63. The van der Waals surface area contributed by atoms with Crippen molar-refractivity contribution in [3.8, 4) is 0 Å². The first-order chi connectivity index (χ1) is 11.3. The van der Waals surface area contributed by atoms with E-state index in [1.54, 1.807) is 11.3 Å². The lowest BCUT2D eigenvalue weighted by Gasteiger charge is -2.37. The normalized spacial score (nSPS) is 23.6. The van der Waals surface area contributed by atoms with Crippen LogP contribution >= 0.6 is 11.3 Å². The molecule has 1 aromatic heterocycles. The molecule has 2 fully saturated rings. The number of rotatable bonds is 6. The van der Waals surface area contributed by atoms with Crippen LogP contribution in [0.3, 0.4) is 0 Å². The van der Waals surface area contributed by atoms with Crippen LogP contribution in [0.15, 0.2) is 17.5 Å². The lowest BCUT2D eigenvalue weighted by atomic mass is 9.97. The molecule has 2 N–H and O–H groups in total. The molecule has 2 aliphatic rings. The average molecular weight is 339 g/mol. The molecular weight excluding hydrogens is 314 g/mol. The van der Waals surface area contributed by atoms with E-state index in [0.29, 0.717) is 25.0 Å². The van der Waals surface area contributed by atoms with Crippen molar-refractivity contribution in [1.82, 2.24) is 15.5 Å². The highest BCUT2D eigenvalue weighted by molar-refractivity contribution is 7.09. The Bertz CT molecular complexity index is 471. The van der Waals surface area contributed by atoms with E-state index in [-0.39, 0.29) is 6.03 Å². The number of nitrogens with one attached hydrogen (secondary N) is 2. The predicted molar refractivity (Wildman–Crippen MR) is 89.7 cm³/mol. The minimum Gasteiger partial charge on any atom is -0.381 e. The van der Waals surface area contributed by atoms with Crippen LogP contribution < -0.4 is 10.6 Å². The minimum absolute atomic E-state index is 0.101. The van der Waals surface area contributed by atoms with Crippen molar-refractivity contribution in [3.63, 3.8) is 0 Å². The number of carbonyl (C=O) groups excluding carboxylic acids is 1. The van der Waals surface area contributed by atoms with Crippen molar-refractivity contribution in [3.05, 3.63) is 22.4 Å². The number of carbonyl (C=O) groups is 1. The largest absolute Gasteiger partial charge is 0.381 e. The Morgan fingerprint density at radius 2 is 2.17 bits per heavy atom. The number of ether oxygens (including phenoxy) is 2. The van der Waals surface area contributed by atoms with E-state index in [1.165, 1.54) is 0 Å². The predicted octanol–water partition coefficient (Wildman–Crippen LogP) is 1.28. The molecule has 7 heteroatoms. The van der Waals surface area contributed by atoms with Crippen LogP contribution in [0.1, 0.15) is 11.3 Å². The topological polar surface area (TPSA) is 62.8 Å². The van der Waals surface area contributed by atoms with Crippen LogP contribution in [0.4, 0.5) is 4.79 Å². The fourth-order valence-electron chi connectivity index (χ4n) is 3.20. The van der Waals surface area contributed by atoms with Crippen LogP contribution in [0.25, 0.3) is 0 Å². The number of hydrogen-bond donors (Lipinski definition) is 2. The number of nitrogens with zero attached hydrogens (tertiary/aromatic N) is 1. The molecule has 3 rings (SSSR count). The molecular formula is C16H25N3O3S. The Morgan fingerprint density at radius 3 is 2.87 bits per heavy atom. The van der Waals surface area contributed by atoms with E-state index in [4.69, 9.17) is 9.47 Å². The van der Waals surface area contributed by atoms with Crippen LogP contribution in [0.5, 0.6) is 0 Å². The zero-order chi connectivity index (χ0) is 15.9. The summed E-state index contributed by atoms with van der Waals surface area (Å²) in [5, 5.41) is 7.97. The van der Waals surface area contributed by atoms with Gasteiger partial charge < -0.3 is 20.1 Å². The summed E-state index contributed by atoms with van der Waals surface area (Å²) in [6.45, 7) is 6.27. The summed E-state index contributed by atoms with van der Waals surface area (Å²) in [6, 6.07) is 4.25. The lowest BCUT2D eigenvalue weighted by Crippen LogP contribution is -2.53. The number of urea groups is 1. The smallest absolute Gasteiger partial charge is 0.315 e. The number of hydrogen-bond acceptors (Lipinski definition) is 5. The second-order valence-corrected chi connectivity index (χ2v) is 7.01. The van der Waals surface area contributed by atoms with E-state index in [9.17, 15) is 4.79 Å². The highest BCUT2D eigenvalue weighted by Gasteiger charge is 2.31. The molecule has 0 aliphatic carbocycles. The zero-order valence-electron chi connectivity index (χ0n) is 13.3. The van der Waals surface area contributed by atoms with Gasteiger partial charge in [-0.15, -0.1) is 11.3 Å². The minimum atomic E-state index is -0.101. The molecule has 1 aromatic rings. The molecule has 2 amide bonds. The summed E-state index contributed by atoms with van der Waals surface area (Å²) >= 11 is 1.65. The molecule has 2 atom stereocenters. The maximum Gasteiger partial charge on any atom is 0.315 e. The molecule has 2 unspecified atom stereocenters. The first kappa shape index (κ1) is 16.7. The molecule has 3 heterocycles. The summed E-state index contributed by atoms with van der Waals surface area (Å²) in [7, 11) is 0. The molecule has 0 spiro atoms. The third-order valence-corrected chi connectivity index (χ3v) is 5.38. The van der Waals surface area contributed by atoms with Crippen LogP contribution in [-0.4, -0.2) is 63.0 Å². The quantitative estimate of drug-likeness (QED) is 0.820. The molecule has 2 aliphatic heterocycles. The second-order valence-electron chi connectivity index (χ2n) is 5.98. The number of morpholine rings is 1. The van der Waals surface area contributed by atoms with E-state index < -0.39 is 0 Å². The fraction of sp³-hybridized carbons (Fsp3) is 0.688. The van der Waals surface area contributed by atoms with Crippen molar-refractivity contribution in [1.29, 1.82) is 0 Å². The molecule has 0 bridgehead atoms. The summed E-state index contributed by atoms with van der Waals surface area (Å²) in [5.74, 6) is 0.491. The van der Waals surface area contributed by atoms with Gasteiger partial charge in [0.05, 0.1) is 26.4 Å². The van der Waals surface area contributed by atoms with Gasteiger partial charge in [-0.25, -0.2) is 4.79 Å². The van der Waals surface area contributed by atoms with Crippen LogP contribution in [0.2, 0.25) is 0 Å². The van der Waals surface area contributed by atoms with E-state index in [2.05, 4.69) is 15.5 Å². The third-order valence-electron chi connectivity index (χ3n) is 4.50. The lowest BCUT2D eigenvalue weighted by molar-refractivity contribution is 0.00212. The number of thiophene rings is 1. The van der Waals surface area contributed by atoms with Crippen molar-refractivity contribution < 1.29 is 14.3 Å². The molecule has 0 saturated carbocycles. The molecule has 0 radical (unpaired) electrons. The van der Waals surface area contributed by atoms with Crippen LogP contribution in [-0.2, 0) is 16.0 Å². The SMILES string of the molecule is O=C(NCc1cccs1)NCC(C1CCOC1)N1CCOCC1. The van der Waals surface area contributed by atoms with E-state index >= 15 is 0 Å². The highest BCUT2D eigenvalue weighted by Crippen LogP contribution is 2.21. The first-order valence-electron chi connectivity index (χ1n) is 8.26. The summed E-state index contributed by atoms with van der Waals surface area (Å²) in [5.41, 5.74) is 0. The van der Waals surface area contributed by atoms with Crippen LogP contribution in [0, 0.1) is 5.92 Å². The van der Waals surface area contributed by atoms with Gasteiger partial charge >= 0.3 is 6.03 Å². The third kappa shape index (κ3) is 4.91. The zero-order valence-corrected chi connectivity index (χ0v) is 14.1. The Balaban J connectivity index is 1.47. The van der Waals surface area contributed by atoms with Crippen molar-refractivity contribution >= 4 is 17.4 Å². The Morgan fingerprint density at radius 1 is 1.30 bits per heavy atom. The van der Waals surface area contributed by atoms with Crippen molar-refractivity contribution in [2.24, 2.45) is 5.92 Å². The van der Waals surface area contributed by atoms with Gasteiger partial charge in [-0.1, -0.05) is 6.07 Å². The molecule has 128 valence electrons. The van der Waals surface area contributed by atoms with E-state index in [0.717, 1.165) is 50.8 Å². The highest BCUT2D eigenvalue weighted by atomic mass is 32.1. The molecule has 0 aromatic carbocycles. The van der Waals surface area contributed by atoms with Crippen molar-refractivity contribution in [2.45, 2.75) is 19.0 Å². The Hall–Kier alpha value is -1.15. The monoisotopic (exact) mass is 339 g/mol. The average Bonchev–Trinajstić information content (AvgIpc) is 3.28. The maximum atomic E-state index is 12.0. The van der Waals surface area contributed by atoms with Gasteiger partial charge in [-0.2, -0.15) is 0 Å². The Kier molecular flexibility index (Phi) is 6.27. The maximum absolute atomic E-state index is 12.0. The van der Waals surface area contributed by atoms with Crippen molar-refractivity contribution in [2.75, 3.05) is 46.1 Å². The van der Waals surface area contributed by atoms with Gasteiger partial charge in [0, 0.05) is 43.1 Å². The summed E-state index contributed by atoms with van der Waals surface area (Å²) in [4.78, 5) is 15.6. The molecule has 2 saturated heterocycles. The van der Waals surface area contributed by atoms with Gasteiger partial charge in [0.2, 0.25) is 0 Å². The van der Waals surface area contributed by atoms with Gasteiger partial charge in [0.25, 0.3) is 0 Å². The van der Waals surface area contributed by atoms with Gasteiger partial charge in [0.15, 0.2) is 0 Å². The van der Waals surface area contributed by atoms with Gasteiger partial charge in [-0.3, -0.25) is 4.90 Å². The molecule has 23 heavy (non-hydrogen) atoms. The summed E-state index contributed by atoms with van der Waals surface area (Å²) < 4.78 is 11.0. The standard InChI is InChI=1S/C16H25N3O3S/c20-16(17-10-14-2-1-9-23-14)18-11-15(13-3-6-22-12-13)19-4-7-21-8-5-19/h1-2,9,13,15H,3-8,10-12H2,(H2,17,18,20). The van der Waals surface area contributed by atoms with E-state index in [1.807, 2.05) is 17.5 Å². The summed E-state index contributed by atoms with van der Waals surface area (Å²) in [6.07, 6.45) is 1.07. The number of amides is 2. The first-order valence-corrected chi connectivity index (χ1v) is 9.14. The Labute approximate surface area is 141 Å². The fourth-order valence-corrected chi connectivity index (χ4v) is 3.84.